The monoisotopic (exact) mass is 239 g/mol. The molecule has 4 N–H and O–H groups in total. The third kappa shape index (κ3) is 2.44. The predicted molar refractivity (Wildman–Crippen MR) is 67.5 cm³/mol. The molecule has 0 aliphatic carbocycles. The van der Waals surface area contributed by atoms with Gasteiger partial charge < -0.3 is 15.9 Å². The third-order valence-corrected chi connectivity index (χ3v) is 4.27. The fourth-order valence-electron chi connectivity index (χ4n) is 2.09. The summed E-state index contributed by atoms with van der Waals surface area (Å²) in [6, 6.07) is 4.75. The number of aliphatic hydroxyl groups is 1. The van der Waals surface area contributed by atoms with Crippen LogP contribution in [0.4, 0.5) is 5.69 Å². The van der Waals surface area contributed by atoms with Crippen LogP contribution in [0.3, 0.4) is 0 Å². The second-order valence-corrected chi connectivity index (χ2v) is 5.39. The Labute approximate surface area is 99.7 Å². The van der Waals surface area contributed by atoms with Crippen LogP contribution in [-0.2, 0) is 0 Å². The van der Waals surface area contributed by atoms with Crippen LogP contribution >= 0.6 is 11.8 Å². The van der Waals surface area contributed by atoms with E-state index in [1.165, 1.54) is 5.75 Å². The molecule has 1 aliphatic heterocycles. The Morgan fingerprint density at radius 2 is 2.25 bits per heavy atom. The van der Waals surface area contributed by atoms with E-state index in [1.54, 1.807) is 18.2 Å². The molecule has 2 rings (SSSR count). The van der Waals surface area contributed by atoms with Crippen molar-refractivity contribution in [3.8, 4) is 5.75 Å². The van der Waals surface area contributed by atoms with Crippen LogP contribution in [0, 0.1) is 5.92 Å². The lowest BCUT2D eigenvalue weighted by Crippen LogP contribution is -2.20. The largest absolute Gasteiger partial charge is 0.508 e. The molecule has 16 heavy (non-hydrogen) atoms. The van der Waals surface area contributed by atoms with E-state index in [9.17, 15) is 10.2 Å². The number of nitrogen functional groups attached to an aromatic ring is 1. The van der Waals surface area contributed by atoms with E-state index >= 15 is 0 Å². The van der Waals surface area contributed by atoms with Gasteiger partial charge in [0.05, 0.1) is 6.10 Å². The highest BCUT2D eigenvalue weighted by Crippen LogP contribution is 2.36. The van der Waals surface area contributed by atoms with Crippen molar-refractivity contribution in [1.82, 2.24) is 0 Å². The molecule has 1 saturated heterocycles. The molecule has 2 atom stereocenters. The van der Waals surface area contributed by atoms with E-state index < -0.39 is 6.10 Å². The number of thioether (sulfide) groups is 1. The average molecular weight is 239 g/mol. The first-order valence-electron chi connectivity index (χ1n) is 5.52. The van der Waals surface area contributed by atoms with Gasteiger partial charge in [0.25, 0.3) is 0 Å². The van der Waals surface area contributed by atoms with Crippen molar-refractivity contribution in [2.45, 2.75) is 18.9 Å². The minimum Gasteiger partial charge on any atom is -0.508 e. The summed E-state index contributed by atoms with van der Waals surface area (Å²) in [4.78, 5) is 0. The number of nitrogens with two attached hydrogens (primary N) is 1. The molecule has 0 spiro atoms. The van der Waals surface area contributed by atoms with Gasteiger partial charge in [0, 0.05) is 11.3 Å². The number of phenols is 1. The number of anilines is 1. The van der Waals surface area contributed by atoms with E-state index in [2.05, 4.69) is 0 Å². The molecule has 0 radical (unpaired) electrons. The number of aromatic hydroxyl groups is 1. The summed E-state index contributed by atoms with van der Waals surface area (Å²) in [5.74, 6) is 2.56. The highest BCUT2D eigenvalue weighted by atomic mass is 32.2. The average Bonchev–Trinajstić information content (AvgIpc) is 2.32. The Bertz CT molecular complexity index is 364. The van der Waals surface area contributed by atoms with Crippen LogP contribution in [0.5, 0.6) is 5.75 Å². The first-order chi connectivity index (χ1) is 7.68. The molecule has 88 valence electrons. The molecule has 0 saturated carbocycles. The number of hydrogen-bond donors (Lipinski definition) is 3. The van der Waals surface area contributed by atoms with Gasteiger partial charge in [-0.05, 0) is 48.5 Å². The molecule has 1 aromatic rings. The number of benzene rings is 1. The van der Waals surface area contributed by atoms with Crippen molar-refractivity contribution in [3.05, 3.63) is 23.8 Å². The maximum Gasteiger partial charge on any atom is 0.116 e. The molecule has 3 nitrogen and oxygen atoms in total. The molecule has 4 heteroatoms. The van der Waals surface area contributed by atoms with E-state index in [4.69, 9.17) is 5.73 Å². The minimum atomic E-state index is -0.556. The lowest BCUT2D eigenvalue weighted by atomic mass is 9.92. The highest BCUT2D eigenvalue weighted by molar-refractivity contribution is 7.99. The Morgan fingerprint density at radius 3 is 2.94 bits per heavy atom. The van der Waals surface area contributed by atoms with Crippen molar-refractivity contribution >= 4 is 17.4 Å². The van der Waals surface area contributed by atoms with E-state index in [-0.39, 0.29) is 11.7 Å². The highest BCUT2D eigenvalue weighted by Gasteiger charge is 2.25. The van der Waals surface area contributed by atoms with Gasteiger partial charge in [-0.1, -0.05) is 0 Å². The topological polar surface area (TPSA) is 66.5 Å². The van der Waals surface area contributed by atoms with Crippen LogP contribution in [0.15, 0.2) is 18.2 Å². The summed E-state index contributed by atoms with van der Waals surface area (Å²) in [6.45, 7) is 0. The quantitative estimate of drug-likeness (QED) is 0.546. The summed E-state index contributed by atoms with van der Waals surface area (Å²) in [7, 11) is 0. The van der Waals surface area contributed by atoms with Crippen molar-refractivity contribution in [2.75, 3.05) is 17.2 Å². The molecular formula is C12H17NO2S. The zero-order valence-corrected chi connectivity index (χ0v) is 9.91. The van der Waals surface area contributed by atoms with Crippen molar-refractivity contribution in [1.29, 1.82) is 0 Å². The predicted octanol–water partition coefficient (Wildman–Crippen LogP) is 2.15. The molecule has 1 heterocycles. The maximum absolute atomic E-state index is 10.2. The maximum atomic E-state index is 10.2. The smallest absolute Gasteiger partial charge is 0.116 e. The second-order valence-electron chi connectivity index (χ2n) is 4.24. The minimum absolute atomic E-state index is 0.159. The number of aliphatic hydroxyl groups excluding tert-OH is 1. The van der Waals surface area contributed by atoms with Crippen LogP contribution in [0.1, 0.15) is 24.5 Å². The van der Waals surface area contributed by atoms with Crippen LogP contribution < -0.4 is 5.73 Å². The van der Waals surface area contributed by atoms with Gasteiger partial charge in [0.1, 0.15) is 5.75 Å². The first-order valence-corrected chi connectivity index (χ1v) is 6.68. The summed E-state index contributed by atoms with van der Waals surface area (Å²) in [6.07, 6.45) is 1.62. The zero-order chi connectivity index (χ0) is 11.5. The van der Waals surface area contributed by atoms with Gasteiger partial charge in [-0.3, -0.25) is 0 Å². The standard InChI is InChI=1S/C12H17NO2S/c13-11-4-3-9(14)6-10(11)12(15)8-2-1-5-16-7-8/h3-4,6,8,12,14-15H,1-2,5,7,13H2. The summed E-state index contributed by atoms with van der Waals surface area (Å²) < 4.78 is 0. The summed E-state index contributed by atoms with van der Waals surface area (Å²) >= 11 is 1.87. The molecule has 2 unspecified atom stereocenters. The van der Waals surface area contributed by atoms with E-state index in [1.807, 2.05) is 11.8 Å². The summed E-state index contributed by atoms with van der Waals surface area (Å²) in [5.41, 5.74) is 7.04. The van der Waals surface area contributed by atoms with Gasteiger partial charge in [-0.25, -0.2) is 0 Å². The van der Waals surface area contributed by atoms with Gasteiger partial charge >= 0.3 is 0 Å². The number of phenolic OH excluding ortho intramolecular Hbond substituents is 1. The van der Waals surface area contributed by atoms with Crippen molar-refractivity contribution in [3.63, 3.8) is 0 Å². The number of rotatable bonds is 2. The van der Waals surface area contributed by atoms with Crippen LogP contribution in [0.25, 0.3) is 0 Å². The molecular weight excluding hydrogens is 222 g/mol. The molecule has 0 amide bonds. The van der Waals surface area contributed by atoms with Gasteiger partial charge in [0.2, 0.25) is 0 Å². The number of hydrogen-bond acceptors (Lipinski definition) is 4. The van der Waals surface area contributed by atoms with Gasteiger partial charge in [-0.2, -0.15) is 11.8 Å². The molecule has 0 bridgehead atoms. The lowest BCUT2D eigenvalue weighted by molar-refractivity contribution is 0.114. The van der Waals surface area contributed by atoms with Gasteiger partial charge in [0.15, 0.2) is 0 Å². The third-order valence-electron chi connectivity index (χ3n) is 3.03. The normalized spacial score (nSPS) is 22.9. The fraction of sp³-hybridized carbons (Fsp3) is 0.500. The Balaban J connectivity index is 2.18. The van der Waals surface area contributed by atoms with E-state index in [0.717, 1.165) is 18.6 Å². The Morgan fingerprint density at radius 1 is 1.44 bits per heavy atom. The molecule has 0 aromatic heterocycles. The van der Waals surface area contributed by atoms with Crippen LogP contribution in [-0.4, -0.2) is 21.7 Å². The Kier molecular flexibility index (Phi) is 3.61. The van der Waals surface area contributed by atoms with Crippen LogP contribution in [0.2, 0.25) is 0 Å². The molecule has 1 aliphatic rings. The fourth-order valence-corrected chi connectivity index (χ4v) is 3.28. The first kappa shape index (κ1) is 11.6. The summed E-state index contributed by atoms with van der Waals surface area (Å²) in [5, 5.41) is 19.7. The van der Waals surface area contributed by atoms with Crippen molar-refractivity contribution in [2.24, 2.45) is 5.92 Å². The SMILES string of the molecule is Nc1ccc(O)cc1C(O)C1CCCSC1. The van der Waals surface area contributed by atoms with Gasteiger partial charge in [-0.15, -0.1) is 0 Å². The van der Waals surface area contributed by atoms with E-state index in [0.29, 0.717) is 11.3 Å². The lowest BCUT2D eigenvalue weighted by Gasteiger charge is -2.27. The zero-order valence-electron chi connectivity index (χ0n) is 9.10. The molecule has 1 fully saturated rings. The van der Waals surface area contributed by atoms with Crippen molar-refractivity contribution < 1.29 is 10.2 Å². The molecule has 1 aromatic carbocycles. The Hall–Kier alpha value is -0.870. The second kappa shape index (κ2) is 4.97.